The van der Waals surface area contributed by atoms with Crippen molar-refractivity contribution in [3.05, 3.63) is 41.3 Å². The molecule has 7 heteroatoms. The maximum atomic E-state index is 12.5. The van der Waals surface area contributed by atoms with E-state index in [9.17, 15) is 4.79 Å². The number of aromatic nitrogens is 3. The second-order valence-electron chi connectivity index (χ2n) is 6.27. The van der Waals surface area contributed by atoms with Gasteiger partial charge in [-0.1, -0.05) is 0 Å². The molecule has 128 valence electrons. The Hall–Kier alpha value is -2.41. The number of hydrogen-bond acceptors (Lipinski definition) is 5. The maximum absolute atomic E-state index is 12.5. The van der Waals surface area contributed by atoms with Crippen molar-refractivity contribution in [1.29, 1.82) is 0 Å². The molecule has 3 heterocycles. The minimum atomic E-state index is -0.156. The molecule has 0 radical (unpaired) electrons. The monoisotopic (exact) mass is 329 g/mol. The number of aryl methyl sites for hydroxylation is 1. The van der Waals surface area contributed by atoms with Gasteiger partial charge in [-0.05, 0) is 25.5 Å². The SMILES string of the molecule is Cc1c([C@H]2OCC[C@@H]2NC(=O)c2ccc(N(C)C)nc2)cnn1C. The Kier molecular flexibility index (Phi) is 4.53. The fourth-order valence-electron chi connectivity index (χ4n) is 2.88. The Bertz CT molecular complexity index is 723. The summed E-state index contributed by atoms with van der Waals surface area (Å²) in [6.07, 6.45) is 4.05. The van der Waals surface area contributed by atoms with E-state index in [2.05, 4.69) is 15.4 Å². The van der Waals surface area contributed by atoms with E-state index in [-0.39, 0.29) is 18.1 Å². The number of rotatable bonds is 4. The molecule has 0 aliphatic carbocycles. The molecular weight excluding hydrogens is 306 g/mol. The minimum Gasteiger partial charge on any atom is -0.371 e. The molecule has 1 aliphatic rings. The highest BCUT2D eigenvalue weighted by Crippen LogP contribution is 2.31. The van der Waals surface area contributed by atoms with Crippen LogP contribution in [0.25, 0.3) is 0 Å². The van der Waals surface area contributed by atoms with Crippen molar-refractivity contribution in [3.63, 3.8) is 0 Å². The number of amides is 1. The normalized spacial score (nSPS) is 20.2. The first kappa shape index (κ1) is 16.4. The first-order chi connectivity index (χ1) is 11.5. The summed E-state index contributed by atoms with van der Waals surface area (Å²) in [5.41, 5.74) is 2.63. The Morgan fingerprint density at radius 2 is 2.17 bits per heavy atom. The van der Waals surface area contributed by atoms with Crippen molar-refractivity contribution in [2.75, 3.05) is 25.6 Å². The van der Waals surface area contributed by atoms with Gasteiger partial charge in [-0.3, -0.25) is 9.48 Å². The van der Waals surface area contributed by atoms with E-state index in [4.69, 9.17) is 4.74 Å². The fourth-order valence-corrected chi connectivity index (χ4v) is 2.88. The highest BCUT2D eigenvalue weighted by atomic mass is 16.5. The lowest BCUT2D eigenvalue weighted by molar-refractivity contribution is 0.0819. The highest BCUT2D eigenvalue weighted by Gasteiger charge is 2.33. The van der Waals surface area contributed by atoms with Gasteiger partial charge in [0.1, 0.15) is 11.9 Å². The molecule has 7 nitrogen and oxygen atoms in total. The van der Waals surface area contributed by atoms with Gasteiger partial charge in [0.05, 0.1) is 17.8 Å². The topological polar surface area (TPSA) is 72.3 Å². The summed E-state index contributed by atoms with van der Waals surface area (Å²) < 4.78 is 7.66. The molecule has 1 N–H and O–H groups in total. The summed E-state index contributed by atoms with van der Waals surface area (Å²) >= 11 is 0. The van der Waals surface area contributed by atoms with Crippen molar-refractivity contribution >= 4 is 11.7 Å². The molecule has 1 fully saturated rings. The molecule has 2 atom stereocenters. The Morgan fingerprint density at radius 1 is 1.38 bits per heavy atom. The van der Waals surface area contributed by atoms with Crippen LogP contribution in [0.4, 0.5) is 5.82 Å². The number of anilines is 1. The molecule has 3 rings (SSSR count). The first-order valence-electron chi connectivity index (χ1n) is 8.01. The van der Waals surface area contributed by atoms with E-state index in [1.807, 2.05) is 49.9 Å². The largest absolute Gasteiger partial charge is 0.371 e. The van der Waals surface area contributed by atoms with Crippen LogP contribution in [0.1, 0.15) is 34.1 Å². The second kappa shape index (κ2) is 6.60. The van der Waals surface area contributed by atoms with E-state index >= 15 is 0 Å². The van der Waals surface area contributed by atoms with Gasteiger partial charge in [-0.25, -0.2) is 4.98 Å². The van der Waals surface area contributed by atoms with Crippen LogP contribution in [0, 0.1) is 6.92 Å². The maximum Gasteiger partial charge on any atom is 0.253 e. The van der Waals surface area contributed by atoms with Crippen molar-refractivity contribution in [1.82, 2.24) is 20.1 Å². The lowest BCUT2D eigenvalue weighted by Crippen LogP contribution is -2.37. The smallest absolute Gasteiger partial charge is 0.253 e. The third kappa shape index (κ3) is 3.12. The first-order valence-corrected chi connectivity index (χ1v) is 8.01. The average molecular weight is 329 g/mol. The molecule has 1 saturated heterocycles. The number of nitrogens with one attached hydrogen (secondary N) is 1. The zero-order valence-corrected chi connectivity index (χ0v) is 14.5. The van der Waals surface area contributed by atoms with Gasteiger partial charge in [0.15, 0.2) is 0 Å². The van der Waals surface area contributed by atoms with Gasteiger partial charge in [-0.2, -0.15) is 5.10 Å². The van der Waals surface area contributed by atoms with Gasteiger partial charge in [0.25, 0.3) is 5.91 Å². The van der Waals surface area contributed by atoms with Crippen molar-refractivity contribution < 1.29 is 9.53 Å². The summed E-state index contributed by atoms with van der Waals surface area (Å²) in [6, 6.07) is 3.56. The number of ether oxygens (including phenoxy) is 1. The highest BCUT2D eigenvalue weighted by molar-refractivity contribution is 5.94. The summed E-state index contributed by atoms with van der Waals surface area (Å²) in [5.74, 6) is 0.689. The lowest BCUT2D eigenvalue weighted by atomic mass is 10.0. The number of nitrogens with zero attached hydrogens (tertiary/aromatic N) is 4. The van der Waals surface area contributed by atoms with Crippen LogP contribution in [0.2, 0.25) is 0 Å². The summed E-state index contributed by atoms with van der Waals surface area (Å²) in [4.78, 5) is 18.7. The van der Waals surface area contributed by atoms with Crippen molar-refractivity contribution in [2.45, 2.75) is 25.5 Å². The molecule has 1 aliphatic heterocycles. The predicted octanol–water partition coefficient (Wildman–Crippen LogP) is 1.45. The van der Waals surface area contributed by atoms with E-state index in [0.717, 1.165) is 23.5 Å². The minimum absolute atomic E-state index is 0.0612. The average Bonchev–Trinajstić information content (AvgIpc) is 3.15. The van der Waals surface area contributed by atoms with Crippen LogP contribution in [0.5, 0.6) is 0 Å². The zero-order chi connectivity index (χ0) is 17.3. The number of carbonyl (C=O) groups is 1. The fraction of sp³-hybridized carbons (Fsp3) is 0.471. The quantitative estimate of drug-likeness (QED) is 0.919. The Balaban J connectivity index is 1.72. The van der Waals surface area contributed by atoms with Crippen LogP contribution in [-0.4, -0.2) is 47.4 Å². The third-order valence-electron chi connectivity index (χ3n) is 4.46. The predicted molar refractivity (Wildman–Crippen MR) is 91.1 cm³/mol. The van der Waals surface area contributed by atoms with Crippen LogP contribution in [-0.2, 0) is 11.8 Å². The van der Waals surface area contributed by atoms with Crippen molar-refractivity contribution in [3.8, 4) is 0 Å². The summed E-state index contributed by atoms with van der Waals surface area (Å²) in [6.45, 7) is 2.63. The third-order valence-corrected chi connectivity index (χ3v) is 4.46. The van der Waals surface area contributed by atoms with Gasteiger partial charge in [0, 0.05) is 45.2 Å². The molecule has 0 unspecified atom stereocenters. The molecule has 2 aromatic rings. The number of carbonyl (C=O) groups excluding carboxylic acids is 1. The van der Waals surface area contributed by atoms with E-state index in [1.165, 1.54) is 0 Å². The van der Waals surface area contributed by atoms with Crippen LogP contribution < -0.4 is 10.2 Å². The Labute approximate surface area is 141 Å². The van der Waals surface area contributed by atoms with Gasteiger partial charge in [0.2, 0.25) is 0 Å². The molecule has 0 bridgehead atoms. The number of hydrogen-bond donors (Lipinski definition) is 1. The summed E-state index contributed by atoms with van der Waals surface area (Å²) in [5, 5.41) is 7.34. The standard InChI is InChI=1S/C17H23N5O2/c1-11-13(10-19-22(11)4)16-14(7-8-24-16)20-17(23)12-5-6-15(18-9-12)21(2)3/h5-6,9-10,14,16H,7-8H2,1-4H3,(H,20,23)/t14-,16+/m0/s1. The molecule has 0 spiro atoms. The van der Waals surface area contributed by atoms with Crippen LogP contribution >= 0.6 is 0 Å². The van der Waals surface area contributed by atoms with Gasteiger partial charge in [-0.15, -0.1) is 0 Å². The van der Waals surface area contributed by atoms with E-state index < -0.39 is 0 Å². The Morgan fingerprint density at radius 3 is 2.75 bits per heavy atom. The zero-order valence-electron chi connectivity index (χ0n) is 14.5. The van der Waals surface area contributed by atoms with Crippen LogP contribution in [0.15, 0.2) is 24.5 Å². The molecular formula is C17H23N5O2. The molecule has 1 amide bonds. The molecule has 24 heavy (non-hydrogen) atoms. The number of pyridine rings is 1. The molecule has 0 saturated carbocycles. The van der Waals surface area contributed by atoms with E-state index in [0.29, 0.717) is 12.2 Å². The summed E-state index contributed by atoms with van der Waals surface area (Å²) in [7, 11) is 5.73. The van der Waals surface area contributed by atoms with Gasteiger partial charge >= 0.3 is 0 Å². The van der Waals surface area contributed by atoms with Gasteiger partial charge < -0.3 is 15.0 Å². The van der Waals surface area contributed by atoms with E-state index in [1.54, 1.807) is 12.3 Å². The van der Waals surface area contributed by atoms with Crippen molar-refractivity contribution in [2.24, 2.45) is 7.05 Å². The second-order valence-corrected chi connectivity index (χ2v) is 6.27. The molecule has 0 aromatic carbocycles. The van der Waals surface area contributed by atoms with Crippen LogP contribution in [0.3, 0.4) is 0 Å². The lowest BCUT2D eigenvalue weighted by Gasteiger charge is -2.20. The molecule has 2 aromatic heterocycles.